The van der Waals surface area contributed by atoms with Gasteiger partial charge in [0.05, 0.1) is 5.54 Å². The van der Waals surface area contributed by atoms with E-state index < -0.39 is 0 Å². The van der Waals surface area contributed by atoms with E-state index in [0.29, 0.717) is 13.0 Å². The van der Waals surface area contributed by atoms with Gasteiger partial charge in [-0.2, -0.15) is 0 Å². The number of nitrogens with zero attached hydrogens (tertiary/aromatic N) is 2. The van der Waals surface area contributed by atoms with Crippen LogP contribution in [0.15, 0.2) is 30.3 Å². The molecular weight excluding hydrogens is 300 g/mol. The van der Waals surface area contributed by atoms with Gasteiger partial charge in [-0.25, -0.2) is 0 Å². The van der Waals surface area contributed by atoms with Crippen LogP contribution in [0.3, 0.4) is 0 Å². The minimum atomic E-state index is -0.233. The van der Waals surface area contributed by atoms with Crippen LogP contribution >= 0.6 is 0 Å². The molecule has 1 amide bonds. The second kappa shape index (κ2) is 9.04. The maximum atomic E-state index is 12.3. The number of hydrogen-bond acceptors (Lipinski definition) is 4. The summed E-state index contributed by atoms with van der Waals surface area (Å²) < 4.78 is 0. The van der Waals surface area contributed by atoms with Crippen molar-refractivity contribution in [3.8, 4) is 0 Å². The van der Waals surface area contributed by atoms with E-state index in [9.17, 15) is 4.79 Å². The lowest BCUT2D eigenvalue weighted by Crippen LogP contribution is -2.53. The smallest absolute Gasteiger partial charge is 0.221 e. The number of piperazine rings is 1. The molecule has 2 rings (SSSR count). The van der Waals surface area contributed by atoms with Gasteiger partial charge >= 0.3 is 0 Å². The SMILES string of the molecule is CCC(CC)(CN)NC(=O)CCN1CCN(c2ccccc2)CC1. The summed E-state index contributed by atoms with van der Waals surface area (Å²) in [5, 5.41) is 3.15. The molecule has 1 saturated heterocycles. The number of nitrogens with one attached hydrogen (secondary N) is 1. The van der Waals surface area contributed by atoms with Gasteiger partial charge in [0.25, 0.3) is 0 Å². The number of anilines is 1. The highest BCUT2D eigenvalue weighted by Crippen LogP contribution is 2.16. The fourth-order valence-electron chi connectivity index (χ4n) is 3.25. The van der Waals surface area contributed by atoms with Crippen LogP contribution in [-0.4, -0.2) is 55.6 Å². The van der Waals surface area contributed by atoms with Crippen LogP contribution in [0.4, 0.5) is 5.69 Å². The summed E-state index contributed by atoms with van der Waals surface area (Å²) in [5.41, 5.74) is 6.91. The molecule has 1 aliphatic rings. The normalized spacial score (nSPS) is 16.2. The Morgan fingerprint density at radius 3 is 2.29 bits per heavy atom. The van der Waals surface area contributed by atoms with Gasteiger partial charge in [0.15, 0.2) is 0 Å². The van der Waals surface area contributed by atoms with Gasteiger partial charge in [-0.15, -0.1) is 0 Å². The Balaban J connectivity index is 1.73. The summed E-state index contributed by atoms with van der Waals surface area (Å²) in [7, 11) is 0. The van der Waals surface area contributed by atoms with E-state index in [1.165, 1.54) is 5.69 Å². The molecule has 0 aliphatic carbocycles. The molecular formula is C19H32N4O. The Bertz CT molecular complexity index is 485. The van der Waals surface area contributed by atoms with Crippen molar-refractivity contribution in [2.75, 3.05) is 44.2 Å². The van der Waals surface area contributed by atoms with E-state index in [2.05, 4.69) is 53.2 Å². The van der Waals surface area contributed by atoms with E-state index in [-0.39, 0.29) is 11.4 Å². The molecule has 0 atom stereocenters. The van der Waals surface area contributed by atoms with Crippen LogP contribution in [0.1, 0.15) is 33.1 Å². The quantitative estimate of drug-likeness (QED) is 0.762. The first-order valence-corrected chi connectivity index (χ1v) is 9.16. The van der Waals surface area contributed by atoms with Crippen LogP contribution in [0.5, 0.6) is 0 Å². The molecule has 0 unspecified atom stereocenters. The topological polar surface area (TPSA) is 61.6 Å². The Labute approximate surface area is 146 Å². The molecule has 3 N–H and O–H groups in total. The maximum Gasteiger partial charge on any atom is 0.221 e. The van der Waals surface area contributed by atoms with Crippen LogP contribution in [0.2, 0.25) is 0 Å². The van der Waals surface area contributed by atoms with Crippen molar-refractivity contribution in [3.05, 3.63) is 30.3 Å². The summed E-state index contributed by atoms with van der Waals surface area (Å²) in [5.74, 6) is 0.120. The predicted molar refractivity (Wildman–Crippen MR) is 100 cm³/mol. The van der Waals surface area contributed by atoms with Crippen molar-refractivity contribution in [2.24, 2.45) is 5.73 Å². The molecule has 1 aromatic rings. The molecule has 5 nitrogen and oxygen atoms in total. The van der Waals surface area contributed by atoms with Gasteiger partial charge in [-0.3, -0.25) is 9.69 Å². The van der Waals surface area contributed by atoms with Crippen molar-refractivity contribution >= 4 is 11.6 Å². The third-order valence-electron chi connectivity index (χ3n) is 5.30. The summed E-state index contributed by atoms with van der Waals surface area (Å²) in [6.07, 6.45) is 2.30. The average molecular weight is 332 g/mol. The zero-order valence-corrected chi connectivity index (χ0v) is 15.1. The lowest BCUT2D eigenvalue weighted by molar-refractivity contribution is -0.123. The van der Waals surface area contributed by atoms with E-state index in [1.54, 1.807) is 0 Å². The fraction of sp³-hybridized carbons (Fsp3) is 0.632. The van der Waals surface area contributed by atoms with Crippen LogP contribution in [0.25, 0.3) is 0 Å². The first-order chi connectivity index (χ1) is 11.6. The number of rotatable bonds is 8. The van der Waals surface area contributed by atoms with Crippen LogP contribution in [0, 0.1) is 0 Å². The van der Waals surface area contributed by atoms with E-state index >= 15 is 0 Å². The molecule has 24 heavy (non-hydrogen) atoms. The summed E-state index contributed by atoms with van der Waals surface area (Å²) >= 11 is 0. The molecule has 5 heteroatoms. The molecule has 0 saturated carbocycles. The largest absolute Gasteiger partial charge is 0.369 e. The molecule has 1 aromatic carbocycles. The molecule has 1 heterocycles. The van der Waals surface area contributed by atoms with E-state index in [4.69, 9.17) is 5.73 Å². The van der Waals surface area contributed by atoms with Crippen molar-refractivity contribution in [2.45, 2.75) is 38.6 Å². The zero-order valence-electron chi connectivity index (χ0n) is 15.1. The summed E-state index contributed by atoms with van der Waals surface area (Å²) in [6, 6.07) is 10.5. The minimum absolute atomic E-state index is 0.120. The molecule has 0 bridgehead atoms. The highest BCUT2D eigenvalue weighted by Gasteiger charge is 2.26. The lowest BCUT2D eigenvalue weighted by atomic mass is 9.93. The Morgan fingerprint density at radius 1 is 1.12 bits per heavy atom. The number of benzene rings is 1. The van der Waals surface area contributed by atoms with E-state index in [1.807, 2.05) is 6.07 Å². The highest BCUT2D eigenvalue weighted by atomic mass is 16.1. The van der Waals surface area contributed by atoms with Gasteiger partial charge in [0.1, 0.15) is 0 Å². The Kier molecular flexibility index (Phi) is 7.06. The highest BCUT2D eigenvalue weighted by molar-refractivity contribution is 5.77. The van der Waals surface area contributed by atoms with Gasteiger partial charge in [-0.1, -0.05) is 32.0 Å². The number of carbonyl (C=O) groups excluding carboxylic acids is 1. The number of amides is 1. The number of carbonyl (C=O) groups is 1. The standard InChI is InChI=1S/C19H32N4O/c1-3-19(4-2,16-20)21-18(24)10-11-22-12-14-23(15-13-22)17-8-6-5-7-9-17/h5-9H,3-4,10-16,20H2,1-2H3,(H,21,24). The average Bonchev–Trinajstić information content (AvgIpc) is 2.66. The number of para-hydroxylation sites is 1. The zero-order chi connectivity index (χ0) is 17.4. The van der Waals surface area contributed by atoms with Gasteiger partial charge < -0.3 is 16.0 Å². The third-order valence-corrected chi connectivity index (χ3v) is 5.30. The van der Waals surface area contributed by atoms with Crippen LogP contribution in [-0.2, 0) is 4.79 Å². The molecule has 1 fully saturated rings. The first-order valence-electron chi connectivity index (χ1n) is 9.16. The van der Waals surface area contributed by atoms with Gasteiger partial charge in [0.2, 0.25) is 5.91 Å². The number of nitrogens with two attached hydrogens (primary N) is 1. The Hall–Kier alpha value is -1.59. The molecule has 1 aliphatic heterocycles. The maximum absolute atomic E-state index is 12.3. The van der Waals surface area contributed by atoms with E-state index in [0.717, 1.165) is 45.6 Å². The van der Waals surface area contributed by atoms with Crippen molar-refractivity contribution in [1.82, 2.24) is 10.2 Å². The monoisotopic (exact) mass is 332 g/mol. The van der Waals surface area contributed by atoms with Crippen molar-refractivity contribution in [1.29, 1.82) is 0 Å². The van der Waals surface area contributed by atoms with Crippen molar-refractivity contribution in [3.63, 3.8) is 0 Å². The Morgan fingerprint density at radius 2 is 1.75 bits per heavy atom. The fourth-order valence-corrected chi connectivity index (χ4v) is 3.25. The molecule has 0 aromatic heterocycles. The third kappa shape index (κ3) is 4.95. The summed E-state index contributed by atoms with van der Waals surface area (Å²) in [6.45, 7) is 9.53. The second-order valence-electron chi connectivity index (χ2n) is 6.65. The second-order valence-corrected chi connectivity index (χ2v) is 6.65. The number of hydrogen-bond donors (Lipinski definition) is 2. The summed E-state index contributed by atoms with van der Waals surface area (Å²) in [4.78, 5) is 17.0. The first kappa shape index (κ1) is 18.7. The van der Waals surface area contributed by atoms with Gasteiger partial charge in [0, 0.05) is 51.4 Å². The molecule has 0 spiro atoms. The lowest BCUT2D eigenvalue weighted by Gasteiger charge is -2.36. The molecule has 0 radical (unpaired) electrons. The minimum Gasteiger partial charge on any atom is -0.369 e. The van der Waals surface area contributed by atoms with Crippen LogP contribution < -0.4 is 16.0 Å². The van der Waals surface area contributed by atoms with Crippen molar-refractivity contribution < 1.29 is 4.79 Å². The van der Waals surface area contributed by atoms with Gasteiger partial charge in [-0.05, 0) is 25.0 Å². The molecule has 134 valence electrons. The predicted octanol–water partition coefficient (Wildman–Crippen LogP) is 1.83.